The molecule has 2 aliphatic carbocycles. The first kappa shape index (κ1) is 40.5. The standard InChI is InChI=1S/C44H60F2O5/c1-5-6-7-10-37-21-22-38(27-41(37)45)35-15-13-33(14-16-35)34-17-19-36(20-18-34)40-24-23-39(28-42(40)46)32(11-8-25-50-43(48)30(2)3)12-9-26-51-44(49)31(4)29-47/h21-24,27-28,32-36,47H,2,4-20,25-26,29H2,1,3H3. The predicted molar refractivity (Wildman–Crippen MR) is 200 cm³/mol. The molecule has 2 aromatic rings. The van der Waals surface area contributed by atoms with E-state index in [0.29, 0.717) is 49.0 Å². The van der Waals surface area contributed by atoms with Gasteiger partial charge >= 0.3 is 11.9 Å². The van der Waals surface area contributed by atoms with Crippen molar-refractivity contribution >= 4 is 11.9 Å². The van der Waals surface area contributed by atoms with Gasteiger partial charge in [-0.25, -0.2) is 18.4 Å². The summed E-state index contributed by atoms with van der Waals surface area (Å²) in [6, 6.07) is 11.7. The summed E-state index contributed by atoms with van der Waals surface area (Å²) in [6.07, 6.45) is 15.5. The quantitative estimate of drug-likeness (QED) is 0.0894. The number of aliphatic hydroxyl groups excluding tert-OH is 1. The van der Waals surface area contributed by atoms with Gasteiger partial charge in [0.05, 0.1) is 25.4 Å². The van der Waals surface area contributed by atoms with Crippen molar-refractivity contribution in [3.8, 4) is 0 Å². The van der Waals surface area contributed by atoms with Crippen molar-refractivity contribution in [3.63, 3.8) is 0 Å². The second-order valence-corrected chi connectivity index (χ2v) is 15.1. The lowest BCUT2D eigenvalue weighted by atomic mass is 9.67. The lowest BCUT2D eigenvalue weighted by Gasteiger charge is -2.38. The van der Waals surface area contributed by atoms with Crippen molar-refractivity contribution in [3.05, 3.63) is 94.6 Å². The number of benzene rings is 2. The van der Waals surface area contributed by atoms with Gasteiger partial charge in [0.1, 0.15) is 11.6 Å². The van der Waals surface area contributed by atoms with Crippen LogP contribution in [0.2, 0.25) is 0 Å². The van der Waals surface area contributed by atoms with Crippen molar-refractivity contribution in [1.29, 1.82) is 0 Å². The molecule has 0 radical (unpaired) electrons. The van der Waals surface area contributed by atoms with E-state index in [4.69, 9.17) is 14.6 Å². The maximum atomic E-state index is 15.8. The predicted octanol–water partition coefficient (Wildman–Crippen LogP) is 10.8. The molecule has 0 saturated heterocycles. The smallest absolute Gasteiger partial charge is 0.335 e. The summed E-state index contributed by atoms with van der Waals surface area (Å²) in [5.41, 5.74) is 4.07. The molecule has 1 atom stereocenters. The Balaban J connectivity index is 1.28. The number of rotatable bonds is 19. The summed E-state index contributed by atoms with van der Waals surface area (Å²) in [6.45, 7) is 10.9. The number of carbonyl (C=O) groups excluding carboxylic acids is 2. The number of esters is 2. The Morgan fingerprint density at radius 1 is 0.784 bits per heavy atom. The lowest BCUT2D eigenvalue weighted by Crippen LogP contribution is -2.25. The van der Waals surface area contributed by atoms with Gasteiger partial charge in [-0.1, -0.05) is 57.2 Å². The fourth-order valence-electron chi connectivity index (χ4n) is 8.30. The molecule has 0 aliphatic heterocycles. The van der Waals surface area contributed by atoms with Gasteiger partial charge in [-0.2, -0.15) is 0 Å². The van der Waals surface area contributed by atoms with Crippen LogP contribution >= 0.6 is 0 Å². The number of ether oxygens (including phenoxy) is 2. The molecule has 7 heteroatoms. The second-order valence-electron chi connectivity index (χ2n) is 15.1. The van der Waals surface area contributed by atoms with Crippen LogP contribution in [0.3, 0.4) is 0 Å². The Morgan fingerprint density at radius 3 is 1.94 bits per heavy atom. The largest absolute Gasteiger partial charge is 0.462 e. The molecule has 0 bridgehead atoms. The van der Waals surface area contributed by atoms with Gasteiger partial charge in [0.2, 0.25) is 0 Å². The number of aryl methyl sites for hydroxylation is 1. The Kier molecular flexibility index (Phi) is 16.4. The summed E-state index contributed by atoms with van der Waals surface area (Å²) < 4.78 is 41.1. The van der Waals surface area contributed by atoms with Crippen molar-refractivity contribution in [2.75, 3.05) is 19.8 Å². The first-order valence-corrected chi connectivity index (χ1v) is 19.5. The highest BCUT2D eigenvalue weighted by atomic mass is 19.1. The molecule has 2 aliphatic rings. The van der Waals surface area contributed by atoms with Gasteiger partial charge in [0.15, 0.2) is 0 Å². The molecule has 0 amide bonds. The van der Waals surface area contributed by atoms with Crippen LogP contribution in [-0.4, -0.2) is 36.9 Å². The van der Waals surface area contributed by atoms with E-state index < -0.39 is 18.5 Å². The molecular formula is C44H60F2O5. The molecule has 280 valence electrons. The molecule has 1 unspecified atom stereocenters. The minimum absolute atomic E-state index is 0.00270. The number of halogens is 2. The van der Waals surface area contributed by atoms with E-state index >= 15 is 4.39 Å². The highest BCUT2D eigenvalue weighted by molar-refractivity contribution is 5.88. The molecule has 2 aromatic carbocycles. The van der Waals surface area contributed by atoms with Gasteiger partial charge in [-0.3, -0.25) is 0 Å². The fraction of sp³-hybridized carbons (Fsp3) is 0.591. The van der Waals surface area contributed by atoms with Crippen LogP contribution in [0.25, 0.3) is 0 Å². The van der Waals surface area contributed by atoms with Gasteiger partial charge in [0.25, 0.3) is 0 Å². The van der Waals surface area contributed by atoms with E-state index in [1.54, 1.807) is 19.1 Å². The Hall–Kier alpha value is -3.32. The van der Waals surface area contributed by atoms with E-state index in [1.165, 1.54) is 12.8 Å². The second kappa shape index (κ2) is 20.7. The third-order valence-corrected chi connectivity index (χ3v) is 11.4. The minimum Gasteiger partial charge on any atom is -0.462 e. The molecule has 0 heterocycles. The van der Waals surface area contributed by atoms with Crippen LogP contribution in [0.5, 0.6) is 0 Å². The summed E-state index contributed by atoms with van der Waals surface area (Å²) in [4.78, 5) is 23.7. The van der Waals surface area contributed by atoms with Crippen LogP contribution in [0.4, 0.5) is 8.78 Å². The minimum atomic E-state index is -0.617. The molecule has 5 nitrogen and oxygen atoms in total. The van der Waals surface area contributed by atoms with Crippen LogP contribution in [0.15, 0.2) is 60.7 Å². The average molecular weight is 707 g/mol. The van der Waals surface area contributed by atoms with Crippen LogP contribution in [-0.2, 0) is 25.5 Å². The van der Waals surface area contributed by atoms with Crippen molar-refractivity contribution in [2.45, 2.75) is 134 Å². The molecule has 0 spiro atoms. The highest BCUT2D eigenvalue weighted by Crippen LogP contribution is 2.46. The van der Waals surface area contributed by atoms with E-state index in [0.717, 1.165) is 86.5 Å². The number of hydrogen-bond donors (Lipinski definition) is 1. The molecule has 2 saturated carbocycles. The van der Waals surface area contributed by atoms with E-state index in [9.17, 15) is 14.0 Å². The average Bonchev–Trinajstić information content (AvgIpc) is 3.14. The maximum Gasteiger partial charge on any atom is 0.335 e. The first-order chi connectivity index (χ1) is 24.6. The first-order valence-electron chi connectivity index (χ1n) is 19.5. The topological polar surface area (TPSA) is 72.8 Å². The van der Waals surface area contributed by atoms with Gasteiger partial charge in [-0.05, 0) is 161 Å². The van der Waals surface area contributed by atoms with Crippen molar-refractivity contribution in [1.82, 2.24) is 0 Å². The summed E-state index contributed by atoms with van der Waals surface area (Å²) >= 11 is 0. The van der Waals surface area contributed by atoms with Gasteiger partial charge in [0, 0.05) is 5.57 Å². The van der Waals surface area contributed by atoms with E-state index in [2.05, 4.69) is 26.1 Å². The molecule has 51 heavy (non-hydrogen) atoms. The fourth-order valence-corrected chi connectivity index (χ4v) is 8.30. The summed E-state index contributed by atoms with van der Waals surface area (Å²) in [5, 5.41) is 9.10. The van der Waals surface area contributed by atoms with E-state index in [-0.39, 0.29) is 42.3 Å². The number of unbranched alkanes of at least 4 members (excludes halogenated alkanes) is 2. The molecular weight excluding hydrogens is 646 g/mol. The van der Waals surface area contributed by atoms with Gasteiger partial charge in [-0.15, -0.1) is 0 Å². The molecule has 2 fully saturated rings. The molecule has 1 N–H and O–H groups in total. The third-order valence-electron chi connectivity index (χ3n) is 11.4. The molecule has 0 aromatic heterocycles. The number of aliphatic hydroxyl groups is 1. The van der Waals surface area contributed by atoms with Crippen LogP contribution in [0.1, 0.15) is 150 Å². The zero-order valence-corrected chi connectivity index (χ0v) is 31.0. The van der Waals surface area contributed by atoms with Crippen molar-refractivity contribution < 1.29 is 33.0 Å². The SMILES string of the molecule is C=C(C)C(=O)OCCCC(CCCOC(=O)C(=C)CO)c1ccc(C2CCC(C3CCC(c4ccc(CCCCC)c(F)c4)CC3)CC2)c(F)c1. The number of carbonyl (C=O) groups is 2. The summed E-state index contributed by atoms with van der Waals surface area (Å²) in [7, 11) is 0. The normalized spacial score (nSPS) is 21.1. The maximum absolute atomic E-state index is 15.8. The third kappa shape index (κ3) is 12.1. The zero-order valence-electron chi connectivity index (χ0n) is 31.0. The highest BCUT2D eigenvalue weighted by Gasteiger charge is 2.32. The number of hydrogen-bond acceptors (Lipinski definition) is 5. The Bertz CT molecular complexity index is 1450. The van der Waals surface area contributed by atoms with Crippen molar-refractivity contribution in [2.24, 2.45) is 11.8 Å². The lowest BCUT2D eigenvalue weighted by molar-refractivity contribution is -0.140. The summed E-state index contributed by atoms with van der Waals surface area (Å²) in [5.74, 6) is 0.798. The monoisotopic (exact) mass is 706 g/mol. The van der Waals surface area contributed by atoms with E-state index in [1.807, 2.05) is 18.2 Å². The molecule has 4 rings (SSSR count). The zero-order chi connectivity index (χ0) is 36.8. The van der Waals surface area contributed by atoms with Crippen LogP contribution < -0.4 is 0 Å². The van der Waals surface area contributed by atoms with Gasteiger partial charge < -0.3 is 14.6 Å². The Morgan fingerprint density at radius 2 is 1.39 bits per heavy atom. The van der Waals surface area contributed by atoms with Crippen LogP contribution in [0, 0.1) is 23.5 Å². The Labute approximate surface area is 304 Å².